The van der Waals surface area contributed by atoms with Gasteiger partial charge in [-0.1, -0.05) is 57.8 Å². The highest BCUT2D eigenvalue weighted by Gasteiger charge is 2.37. The number of anilines is 2. The van der Waals surface area contributed by atoms with E-state index in [1.54, 1.807) is 5.48 Å². The van der Waals surface area contributed by atoms with Crippen molar-refractivity contribution in [3.8, 4) is 0 Å². The van der Waals surface area contributed by atoms with Gasteiger partial charge in [-0.25, -0.2) is 19.8 Å². The van der Waals surface area contributed by atoms with Crippen molar-refractivity contribution in [2.24, 2.45) is 0 Å². The maximum absolute atomic E-state index is 15.2. The number of hydrogen-bond donors (Lipinski definition) is 2. The van der Waals surface area contributed by atoms with Crippen molar-refractivity contribution in [3.63, 3.8) is 0 Å². The van der Waals surface area contributed by atoms with Crippen molar-refractivity contribution in [3.05, 3.63) is 47.5 Å². The van der Waals surface area contributed by atoms with Crippen molar-refractivity contribution in [1.29, 1.82) is 0 Å². The van der Waals surface area contributed by atoms with E-state index in [9.17, 15) is 18.0 Å². The summed E-state index contributed by atoms with van der Waals surface area (Å²) in [5, 5.41) is 8.89. The minimum absolute atomic E-state index is 0.0874. The van der Waals surface area contributed by atoms with Gasteiger partial charge in [0.15, 0.2) is 0 Å². The number of piperazine rings is 1. The molecule has 7 nitrogen and oxygen atoms in total. The molecule has 2 N–H and O–H groups in total. The Morgan fingerprint density at radius 1 is 0.868 bits per heavy atom. The minimum Gasteiger partial charge on any atom is -0.362 e. The molecule has 2 bridgehead atoms. The molecular weight excluding hydrogens is 502 g/mol. The molecule has 3 aliphatic rings. The van der Waals surface area contributed by atoms with Crippen LogP contribution in [0.1, 0.15) is 86.6 Å². The van der Waals surface area contributed by atoms with E-state index in [2.05, 4.69) is 14.9 Å². The normalized spacial score (nSPS) is 22.0. The molecule has 38 heavy (non-hydrogen) atoms. The summed E-state index contributed by atoms with van der Waals surface area (Å²) < 4.78 is 54.8. The van der Waals surface area contributed by atoms with Gasteiger partial charge >= 0.3 is 6.18 Å². The third-order valence-corrected chi connectivity index (χ3v) is 7.61. The Morgan fingerprint density at radius 2 is 1.39 bits per heavy atom. The van der Waals surface area contributed by atoms with Crippen molar-refractivity contribution < 1.29 is 27.6 Å². The Balaban J connectivity index is 1.65. The molecule has 3 saturated heterocycles. The quantitative estimate of drug-likeness (QED) is 0.279. The lowest BCUT2D eigenvalue weighted by Gasteiger charge is -2.48. The van der Waals surface area contributed by atoms with Crippen LogP contribution >= 0.6 is 0 Å². The number of nitrogens with one attached hydrogen (secondary N) is 1. The van der Waals surface area contributed by atoms with Crippen molar-refractivity contribution in [2.75, 3.05) is 22.9 Å². The van der Waals surface area contributed by atoms with E-state index in [0.29, 0.717) is 25.1 Å². The predicted octanol–water partition coefficient (Wildman–Crippen LogP) is 6.12. The number of amides is 1. The van der Waals surface area contributed by atoms with Gasteiger partial charge < -0.3 is 9.80 Å². The molecule has 2 aromatic rings. The predicted molar refractivity (Wildman–Crippen MR) is 136 cm³/mol. The lowest BCUT2D eigenvalue weighted by molar-refractivity contribution is -0.137. The van der Waals surface area contributed by atoms with Crippen LogP contribution in [0.25, 0.3) is 0 Å². The average molecular weight is 538 g/mol. The maximum atomic E-state index is 15.2. The van der Waals surface area contributed by atoms with Gasteiger partial charge in [0, 0.05) is 37.6 Å². The van der Waals surface area contributed by atoms with Crippen LogP contribution in [0.4, 0.5) is 29.2 Å². The molecule has 2 atom stereocenters. The van der Waals surface area contributed by atoms with E-state index in [1.165, 1.54) is 37.7 Å². The molecule has 2 unspecified atom stereocenters. The molecule has 5 rings (SSSR count). The van der Waals surface area contributed by atoms with Gasteiger partial charge in [0.2, 0.25) is 5.95 Å². The Bertz CT molecular complexity index is 1070. The fraction of sp³-hybridized carbons (Fsp3) is 0.593. The summed E-state index contributed by atoms with van der Waals surface area (Å²) in [5.41, 5.74) is 0.878. The first-order chi connectivity index (χ1) is 18.3. The Hall–Kier alpha value is -2.95. The molecule has 208 valence electrons. The smallest absolute Gasteiger partial charge is 0.362 e. The summed E-state index contributed by atoms with van der Waals surface area (Å²) in [5.74, 6) is -1.14. The SMILES string of the molecule is O=C(NO)c1cnc(N2CC3CCCCCCCCCCCC2CN3c2ccc(C(F)(F)F)cc2F)nc1. The van der Waals surface area contributed by atoms with Crippen LogP contribution in [-0.2, 0) is 6.18 Å². The van der Waals surface area contributed by atoms with E-state index >= 15 is 4.39 Å². The molecule has 0 radical (unpaired) electrons. The standard InChI is InChI=1S/C27H35F4N5O2/c28-23-14-20(27(29,30)31)12-13-24(23)35-17-22-11-9-7-5-3-1-2-4-6-8-10-21(35)18-36(22)26-32-15-19(16-33-26)25(37)34-38/h12-16,21-22,38H,1-11,17-18H2,(H,34,37). The van der Waals surface area contributed by atoms with E-state index in [1.807, 2.05) is 4.90 Å². The van der Waals surface area contributed by atoms with Crippen LogP contribution in [-0.4, -0.2) is 46.3 Å². The number of aromatic nitrogens is 2. The summed E-state index contributed by atoms with van der Waals surface area (Å²) in [4.78, 5) is 24.5. The number of hydrogen-bond acceptors (Lipinski definition) is 6. The lowest BCUT2D eigenvalue weighted by Crippen LogP contribution is -2.59. The number of carbonyl (C=O) groups excluding carboxylic acids is 1. The van der Waals surface area contributed by atoms with E-state index in [-0.39, 0.29) is 23.3 Å². The number of fused-ring (bicyclic) bond motifs is 12. The maximum Gasteiger partial charge on any atom is 0.416 e. The van der Waals surface area contributed by atoms with E-state index < -0.39 is 23.5 Å². The second kappa shape index (κ2) is 12.7. The molecular formula is C27H35F4N5O2. The molecule has 3 aliphatic heterocycles. The van der Waals surface area contributed by atoms with Gasteiger partial charge in [-0.15, -0.1) is 0 Å². The number of benzene rings is 1. The Kier molecular flexibility index (Phi) is 9.40. The second-order valence-electron chi connectivity index (χ2n) is 10.2. The summed E-state index contributed by atoms with van der Waals surface area (Å²) in [6.45, 7) is 0.909. The first-order valence-electron chi connectivity index (χ1n) is 13.4. The van der Waals surface area contributed by atoms with E-state index in [0.717, 1.165) is 57.4 Å². The number of hydroxylamine groups is 1. The Morgan fingerprint density at radius 3 is 1.92 bits per heavy atom. The zero-order valence-electron chi connectivity index (χ0n) is 21.4. The van der Waals surface area contributed by atoms with E-state index in [4.69, 9.17) is 5.21 Å². The molecule has 1 aromatic carbocycles. The molecule has 3 fully saturated rings. The molecule has 0 saturated carbocycles. The highest BCUT2D eigenvalue weighted by atomic mass is 19.4. The van der Waals surface area contributed by atoms with Gasteiger partial charge in [0.05, 0.1) is 16.8 Å². The highest BCUT2D eigenvalue weighted by molar-refractivity contribution is 5.92. The van der Waals surface area contributed by atoms with Crippen LogP contribution in [0.15, 0.2) is 30.6 Å². The van der Waals surface area contributed by atoms with Gasteiger partial charge in [0.25, 0.3) is 5.91 Å². The van der Waals surface area contributed by atoms with Gasteiger partial charge in [-0.3, -0.25) is 10.0 Å². The molecule has 4 heterocycles. The average Bonchev–Trinajstić information content (AvgIpc) is 2.92. The Labute approximate surface area is 220 Å². The fourth-order valence-corrected chi connectivity index (χ4v) is 5.55. The zero-order valence-corrected chi connectivity index (χ0v) is 21.4. The van der Waals surface area contributed by atoms with Gasteiger partial charge in [-0.05, 0) is 31.0 Å². The molecule has 1 amide bonds. The number of carbonyl (C=O) groups is 1. The third-order valence-electron chi connectivity index (χ3n) is 7.61. The van der Waals surface area contributed by atoms with Gasteiger partial charge in [0.1, 0.15) is 5.82 Å². The molecule has 1 aromatic heterocycles. The summed E-state index contributed by atoms with van der Waals surface area (Å²) in [6, 6.07) is 2.56. The van der Waals surface area contributed by atoms with Crippen LogP contribution in [0, 0.1) is 5.82 Å². The monoisotopic (exact) mass is 537 g/mol. The zero-order chi connectivity index (χ0) is 27.1. The van der Waals surface area contributed by atoms with Crippen LogP contribution < -0.4 is 15.3 Å². The van der Waals surface area contributed by atoms with Crippen molar-refractivity contribution in [1.82, 2.24) is 15.4 Å². The topological polar surface area (TPSA) is 81.6 Å². The van der Waals surface area contributed by atoms with Crippen LogP contribution in [0.3, 0.4) is 0 Å². The molecule has 0 spiro atoms. The van der Waals surface area contributed by atoms with Crippen LogP contribution in [0.2, 0.25) is 0 Å². The highest BCUT2D eigenvalue weighted by Crippen LogP contribution is 2.36. The summed E-state index contributed by atoms with van der Waals surface area (Å²) in [7, 11) is 0. The van der Waals surface area contributed by atoms with Crippen molar-refractivity contribution in [2.45, 2.75) is 88.9 Å². The number of rotatable bonds is 3. The summed E-state index contributed by atoms with van der Waals surface area (Å²) in [6.07, 6.45) is 9.56. The number of halogens is 4. The third kappa shape index (κ3) is 6.92. The largest absolute Gasteiger partial charge is 0.416 e. The minimum atomic E-state index is -4.61. The van der Waals surface area contributed by atoms with Gasteiger partial charge in [-0.2, -0.15) is 13.2 Å². The number of alkyl halides is 3. The second-order valence-corrected chi connectivity index (χ2v) is 10.2. The summed E-state index contributed by atoms with van der Waals surface area (Å²) >= 11 is 0. The lowest BCUT2D eigenvalue weighted by atomic mass is 9.96. The first-order valence-corrected chi connectivity index (χ1v) is 13.4. The fourth-order valence-electron chi connectivity index (χ4n) is 5.55. The molecule has 0 aliphatic carbocycles. The first kappa shape index (κ1) is 28.1. The van der Waals surface area contributed by atoms with Crippen LogP contribution in [0.5, 0.6) is 0 Å². The van der Waals surface area contributed by atoms with Crippen molar-refractivity contribution >= 4 is 17.5 Å². The molecule has 11 heteroatoms. The number of nitrogens with zero attached hydrogens (tertiary/aromatic N) is 4.